The second-order valence-electron chi connectivity index (χ2n) is 9.19. The van der Waals surface area contributed by atoms with Crippen LogP contribution in [0.2, 0.25) is 0 Å². The van der Waals surface area contributed by atoms with Gasteiger partial charge in [0.15, 0.2) is 4.80 Å². The Labute approximate surface area is 241 Å². The zero-order valence-electron chi connectivity index (χ0n) is 22.9. The third kappa shape index (κ3) is 5.37. The number of fused-ring (bicyclic) bond motifs is 1. The van der Waals surface area contributed by atoms with Crippen LogP contribution in [0.4, 0.5) is 13.2 Å². The molecule has 0 fully saturated rings. The summed E-state index contributed by atoms with van der Waals surface area (Å²) in [6, 6.07) is 12.0. The molecular formula is C30H25F3N2O6S. The zero-order valence-corrected chi connectivity index (χ0v) is 23.8. The monoisotopic (exact) mass is 598 g/mol. The van der Waals surface area contributed by atoms with Crippen molar-refractivity contribution in [1.82, 2.24) is 4.57 Å². The van der Waals surface area contributed by atoms with Gasteiger partial charge in [-0.25, -0.2) is 9.79 Å². The van der Waals surface area contributed by atoms with E-state index in [1.807, 2.05) is 0 Å². The first-order chi connectivity index (χ1) is 20.0. The van der Waals surface area contributed by atoms with Crippen molar-refractivity contribution in [3.05, 3.63) is 102 Å². The molecule has 0 N–H and O–H groups in total. The number of rotatable bonds is 7. The summed E-state index contributed by atoms with van der Waals surface area (Å²) in [5.74, 6) is 0.746. The second-order valence-corrected chi connectivity index (χ2v) is 10.2. The number of esters is 1. The van der Waals surface area contributed by atoms with Crippen LogP contribution in [0.15, 0.2) is 80.1 Å². The molecule has 8 nitrogen and oxygen atoms in total. The Hall–Kier alpha value is -4.58. The molecule has 4 aromatic rings. The van der Waals surface area contributed by atoms with Gasteiger partial charge in [0.2, 0.25) is 0 Å². The number of methoxy groups -OCH3 is 2. The lowest BCUT2D eigenvalue weighted by molar-refractivity contribution is -0.139. The van der Waals surface area contributed by atoms with Crippen molar-refractivity contribution in [3.63, 3.8) is 0 Å². The first-order valence-corrected chi connectivity index (χ1v) is 13.6. The van der Waals surface area contributed by atoms with Crippen LogP contribution in [0.1, 0.15) is 36.8 Å². The number of thiazole rings is 1. The molecular weight excluding hydrogens is 573 g/mol. The average Bonchev–Trinajstić information content (AvgIpc) is 3.55. The largest absolute Gasteiger partial charge is 0.497 e. The minimum absolute atomic E-state index is 0.120. The number of nitrogens with zero attached hydrogens (tertiary/aromatic N) is 2. The number of hydrogen-bond donors (Lipinski definition) is 0. The topological polar surface area (TPSA) is 92.3 Å². The highest BCUT2D eigenvalue weighted by Gasteiger charge is 2.35. The van der Waals surface area contributed by atoms with Crippen LogP contribution in [0.3, 0.4) is 0 Å². The molecule has 2 aromatic heterocycles. The number of allylic oxidation sites excluding steroid dienone is 1. The summed E-state index contributed by atoms with van der Waals surface area (Å²) < 4.78 is 63.3. The molecule has 0 radical (unpaired) electrons. The Kier molecular flexibility index (Phi) is 7.83. The quantitative estimate of drug-likeness (QED) is 0.275. The van der Waals surface area contributed by atoms with Crippen LogP contribution >= 0.6 is 11.3 Å². The van der Waals surface area contributed by atoms with Crippen molar-refractivity contribution in [2.45, 2.75) is 26.1 Å². The van der Waals surface area contributed by atoms with Gasteiger partial charge in [-0.05, 0) is 56.3 Å². The summed E-state index contributed by atoms with van der Waals surface area (Å²) in [5.41, 5.74) is 0.0255. The predicted molar refractivity (Wildman–Crippen MR) is 149 cm³/mol. The van der Waals surface area contributed by atoms with Crippen molar-refractivity contribution in [2.75, 3.05) is 20.8 Å². The number of benzene rings is 2. The Morgan fingerprint density at radius 2 is 1.90 bits per heavy atom. The summed E-state index contributed by atoms with van der Waals surface area (Å²) in [4.78, 5) is 31.9. The maximum atomic E-state index is 13.9. The van der Waals surface area contributed by atoms with E-state index in [1.165, 1.54) is 43.1 Å². The molecule has 0 bridgehead atoms. The van der Waals surface area contributed by atoms with E-state index in [-0.39, 0.29) is 33.8 Å². The van der Waals surface area contributed by atoms with Crippen LogP contribution in [0.5, 0.6) is 11.5 Å². The van der Waals surface area contributed by atoms with E-state index >= 15 is 0 Å². The van der Waals surface area contributed by atoms with Gasteiger partial charge in [-0.15, -0.1) is 0 Å². The standard InChI is InChI=1S/C30H25F3N2O6S/c1-5-40-28(37)25-16(2)34-29-35(26(25)21-14-19(38-3)9-12-23(21)39-4)27(36)24(42-29)15-20-10-11-22(41-20)17-7-6-8-18(13-17)30(31,32)33/h6-15,26H,5H2,1-4H3/t26-/m0/s1. The normalized spacial score (nSPS) is 15.3. The van der Waals surface area contributed by atoms with Gasteiger partial charge in [0.1, 0.15) is 29.1 Å². The maximum absolute atomic E-state index is 13.9. The Bertz CT molecular complexity index is 1880. The van der Waals surface area contributed by atoms with Gasteiger partial charge in [0, 0.05) is 17.2 Å². The molecule has 0 aliphatic carbocycles. The summed E-state index contributed by atoms with van der Waals surface area (Å²) in [6.45, 7) is 3.46. The molecule has 2 aromatic carbocycles. The van der Waals surface area contributed by atoms with Crippen molar-refractivity contribution in [3.8, 4) is 22.8 Å². The number of carbonyl (C=O) groups excluding carboxylic acids is 1. The number of carbonyl (C=O) groups is 1. The third-order valence-corrected chi connectivity index (χ3v) is 7.61. The summed E-state index contributed by atoms with van der Waals surface area (Å²) in [7, 11) is 2.98. The summed E-state index contributed by atoms with van der Waals surface area (Å²) in [6.07, 6.45) is -3.01. The molecule has 0 saturated carbocycles. The Balaban J connectivity index is 1.65. The molecule has 3 heterocycles. The number of hydrogen-bond acceptors (Lipinski definition) is 8. The van der Waals surface area contributed by atoms with Gasteiger partial charge in [-0.1, -0.05) is 23.5 Å². The highest BCUT2D eigenvalue weighted by molar-refractivity contribution is 7.07. The van der Waals surface area contributed by atoms with Gasteiger partial charge in [-0.3, -0.25) is 9.36 Å². The van der Waals surface area contributed by atoms with Gasteiger partial charge in [-0.2, -0.15) is 13.2 Å². The molecule has 0 amide bonds. The molecule has 218 valence electrons. The second kappa shape index (κ2) is 11.4. The number of alkyl halides is 3. The van der Waals surface area contributed by atoms with Crippen LogP contribution in [-0.4, -0.2) is 31.4 Å². The van der Waals surface area contributed by atoms with Crippen LogP contribution in [0, 0.1) is 0 Å². The number of furan rings is 1. The number of ether oxygens (including phenoxy) is 3. The van der Waals surface area contributed by atoms with Crippen molar-refractivity contribution < 1.29 is 36.6 Å². The first-order valence-electron chi connectivity index (χ1n) is 12.7. The molecule has 5 rings (SSSR count). The predicted octanol–water partition coefficient (Wildman–Crippen LogP) is 5.09. The van der Waals surface area contributed by atoms with E-state index in [9.17, 15) is 22.8 Å². The lowest BCUT2D eigenvalue weighted by Gasteiger charge is -2.26. The van der Waals surface area contributed by atoms with Crippen molar-refractivity contribution >= 4 is 23.4 Å². The third-order valence-electron chi connectivity index (χ3n) is 6.62. The molecule has 1 atom stereocenters. The minimum Gasteiger partial charge on any atom is -0.497 e. The average molecular weight is 599 g/mol. The summed E-state index contributed by atoms with van der Waals surface area (Å²) in [5, 5.41) is 0. The molecule has 1 aliphatic heterocycles. The SMILES string of the molecule is CCOC(=O)C1=C(C)N=c2sc(=Cc3ccc(-c4cccc(C(F)(F)F)c4)o3)c(=O)n2[C@H]1c1cc(OC)ccc1OC. The smallest absolute Gasteiger partial charge is 0.416 e. The van der Waals surface area contributed by atoms with Crippen LogP contribution < -0.4 is 24.4 Å². The molecule has 12 heteroatoms. The van der Waals surface area contributed by atoms with E-state index in [2.05, 4.69) is 4.99 Å². The van der Waals surface area contributed by atoms with Crippen molar-refractivity contribution in [2.24, 2.45) is 4.99 Å². The Morgan fingerprint density at radius 1 is 1.12 bits per heavy atom. The molecule has 0 unspecified atom stereocenters. The van der Waals surface area contributed by atoms with Gasteiger partial charge < -0.3 is 18.6 Å². The van der Waals surface area contributed by atoms with Crippen LogP contribution in [-0.2, 0) is 15.7 Å². The van der Waals surface area contributed by atoms with Crippen LogP contribution in [0.25, 0.3) is 17.4 Å². The van der Waals surface area contributed by atoms with E-state index in [0.29, 0.717) is 27.6 Å². The zero-order chi connectivity index (χ0) is 30.2. The fourth-order valence-electron chi connectivity index (χ4n) is 4.70. The van der Waals surface area contributed by atoms with Gasteiger partial charge >= 0.3 is 12.1 Å². The maximum Gasteiger partial charge on any atom is 0.416 e. The highest BCUT2D eigenvalue weighted by atomic mass is 32.1. The number of halogens is 3. The lowest BCUT2D eigenvalue weighted by Crippen LogP contribution is -2.40. The fraction of sp³-hybridized carbons (Fsp3) is 0.233. The molecule has 0 saturated heterocycles. The van der Waals surface area contributed by atoms with E-state index < -0.39 is 29.3 Å². The molecule has 1 aliphatic rings. The first kappa shape index (κ1) is 28.9. The van der Waals surface area contributed by atoms with Gasteiger partial charge in [0.05, 0.1) is 42.2 Å². The van der Waals surface area contributed by atoms with Crippen molar-refractivity contribution in [1.29, 1.82) is 0 Å². The summed E-state index contributed by atoms with van der Waals surface area (Å²) >= 11 is 1.08. The van der Waals surface area contributed by atoms with E-state index in [0.717, 1.165) is 23.5 Å². The number of aromatic nitrogens is 1. The Morgan fingerprint density at radius 3 is 2.60 bits per heavy atom. The van der Waals surface area contributed by atoms with E-state index in [4.69, 9.17) is 18.6 Å². The minimum atomic E-state index is -4.50. The fourth-order valence-corrected chi connectivity index (χ4v) is 5.73. The molecule has 42 heavy (non-hydrogen) atoms. The lowest BCUT2D eigenvalue weighted by atomic mass is 9.95. The van der Waals surface area contributed by atoms with Gasteiger partial charge in [0.25, 0.3) is 5.56 Å². The molecule has 0 spiro atoms. The van der Waals surface area contributed by atoms with E-state index in [1.54, 1.807) is 38.1 Å². The highest BCUT2D eigenvalue weighted by Crippen LogP contribution is 2.38.